The van der Waals surface area contributed by atoms with Crippen LogP contribution >= 0.6 is 0 Å². The fourth-order valence-electron chi connectivity index (χ4n) is 4.21. The maximum Gasteiger partial charge on any atom is 0.391 e. The molecule has 0 radical (unpaired) electrons. The van der Waals surface area contributed by atoms with Crippen molar-refractivity contribution in [3.63, 3.8) is 0 Å². The fraction of sp³-hybridized carbons (Fsp3) is 0.455. The van der Waals surface area contributed by atoms with Crippen molar-refractivity contribution < 1.29 is 32.3 Å². The largest absolute Gasteiger partial charge is 0.391 e. The van der Waals surface area contributed by atoms with Gasteiger partial charge in [0.05, 0.1) is 5.92 Å². The van der Waals surface area contributed by atoms with E-state index in [0.717, 1.165) is 0 Å². The van der Waals surface area contributed by atoms with E-state index in [9.17, 15) is 32.3 Å². The lowest BCUT2D eigenvalue weighted by Crippen LogP contribution is -2.45. The Balaban J connectivity index is 1.48. The molecule has 1 saturated heterocycles. The summed E-state index contributed by atoms with van der Waals surface area (Å²) in [4.78, 5) is 27.2. The molecule has 1 aromatic carbocycles. The van der Waals surface area contributed by atoms with E-state index in [1.54, 1.807) is 18.2 Å². The van der Waals surface area contributed by atoms with E-state index in [1.807, 2.05) is 0 Å². The molecule has 2 aromatic rings. The summed E-state index contributed by atoms with van der Waals surface area (Å²) in [6.07, 6.45) is -4.93. The maximum atomic E-state index is 13.3. The summed E-state index contributed by atoms with van der Waals surface area (Å²) < 4.78 is 52.0. The Hall–Kier alpha value is -2.88. The monoisotopic (exact) mass is 453 g/mol. The van der Waals surface area contributed by atoms with Gasteiger partial charge in [0.25, 0.3) is 0 Å². The smallest absolute Gasteiger partial charge is 0.389 e. The maximum absolute atomic E-state index is 13.3. The van der Waals surface area contributed by atoms with E-state index in [1.165, 1.54) is 12.1 Å². The highest BCUT2D eigenvalue weighted by atomic mass is 19.4. The number of aryl methyl sites for hydroxylation is 1. The number of carbonyl (C=O) groups is 2. The third kappa shape index (κ3) is 4.64. The van der Waals surface area contributed by atoms with E-state index >= 15 is 0 Å². The molecule has 2 aliphatic rings. The zero-order chi connectivity index (χ0) is 23.0. The lowest BCUT2D eigenvalue weighted by Gasteiger charge is -2.36. The number of rotatable bonds is 6. The Morgan fingerprint density at radius 2 is 1.88 bits per heavy atom. The van der Waals surface area contributed by atoms with Crippen LogP contribution in [-0.2, 0) is 16.0 Å². The van der Waals surface area contributed by atoms with Gasteiger partial charge in [0, 0.05) is 30.3 Å². The van der Waals surface area contributed by atoms with Crippen molar-refractivity contribution in [3.8, 4) is 11.3 Å². The van der Waals surface area contributed by atoms with Crippen LogP contribution in [0.2, 0.25) is 0 Å². The first kappa shape index (κ1) is 22.3. The molecule has 172 valence electrons. The lowest BCUT2D eigenvalue weighted by molar-refractivity contribution is -0.197. The van der Waals surface area contributed by atoms with E-state index in [4.69, 9.17) is 0 Å². The van der Waals surface area contributed by atoms with Gasteiger partial charge in [-0.15, -0.1) is 0 Å². The molecule has 32 heavy (non-hydrogen) atoms. The number of β-amino-alcohol motifs (C(OH)–C–C–N with tert-alkyl or cyclic N) is 1. The number of hydrogen-bond donors (Lipinski definition) is 4. The number of amides is 2. The van der Waals surface area contributed by atoms with Crippen LogP contribution in [0.25, 0.3) is 11.3 Å². The molecule has 4 rings (SSSR count). The summed E-state index contributed by atoms with van der Waals surface area (Å²) in [6.45, 7) is 0.0694. The number of H-pyrrole nitrogens is 1. The third-order valence-corrected chi connectivity index (χ3v) is 6.18. The number of alkyl halides is 3. The molecule has 10 heteroatoms. The quantitative estimate of drug-likeness (QED) is 0.507. The second kappa shape index (κ2) is 8.57. The van der Waals surface area contributed by atoms with Crippen molar-refractivity contribution in [2.24, 2.45) is 5.92 Å². The highest BCUT2D eigenvalue weighted by molar-refractivity contribution is 5.90. The summed E-state index contributed by atoms with van der Waals surface area (Å²) in [6, 6.07) is 6.46. The molecule has 1 aromatic heterocycles. The van der Waals surface area contributed by atoms with Crippen LogP contribution in [0.4, 0.5) is 17.6 Å². The Labute approximate surface area is 181 Å². The molecule has 0 unspecified atom stereocenters. The standard InChI is InChI=1S/C22H23F4N3O3/c23-15-4-1-11(2-5-15)19-12(3-6-18(31)29-20-17(30)10-27-21(20)32)9-16(28-19)13-7-14(8-13)22(24,25)26/h1-2,4-5,9,13-14,17,20,28,30H,3,6-8,10H2,(H,27,32)(H,29,31)/t13?,14?,17-,20+/m1/s1. The second-order valence-electron chi connectivity index (χ2n) is 8.40. The van der Waals surface area contributed by atoms with Crippen LogP contribution in [0.3, 0.4) is 0 Å². The van der Waals surface area contributed by atoms with E-state index in [-0.39, 0.29) is 38.1 Å². The zero-order valence-electron chi connectivity index (χ0n) is 17.0. The van der Waals surface area contributed by atoms with E-state index in [0.29, 0.717) is 22.5 Å². The molecule has 4 N–H and O–H groups in total. The summed E-state index contributed by atoms with van der Waals surface area (Å²) >= 11 is 0. The molecule has 2 fully saturated rings. The number of aliphatic hydroxyl groups is 1. The van der Waals surface area contributed by atoms with Gasteiger partial charge in [0.2, 0.25) is 11.8 Å². The predicted octanol–water partition coefficient (Wildman–Crippen LogP) is 2.78. The molecule has 2 amide bonds. The number of aliphatic hydroxyl groups excluding tert-OH is 1. The minimum atomic E-state index is -4.21. The van der Waals surface area contributed by atoms with Crippen LogP contribution < -0.4 is 10.6 Å². The topological polar surface area (TPSA) is 94.2 Å². The van der Waals surface area contributed by atoms with Gasteiger partial charge in [0.1, 0.15) is 18.0 Å². The van der Waals surface area contributed by atoms with Gasteiger partial charge in [-0.05, 0) is 60.7 Å². The number of aromatic nitrogens is 1. The number of carbonyl (C=O) groups excluding carboxylic acids is 2. The SMILES string of the molecule is O=C(CCc1cc(C2CC(C(F)(F)F)C2)[nH]c1-c1ccc(F)cc1)N[C@@H]1C(=O)NC[C@H]1O. The first-order valence-electron chi connectivity index (χ1n) is 10.4. The summed E-state index contributed by atoms with van der Waals surface area (Å²) in [7, 11) is 0. The van der Waals surface area contributed by atoms with Gasteiger partial charge in [-0.25, -0.2) is 4.39 Å². The van der Waals surface area contributed by atoms with Crippen LogP contribution in [0, 0.1) is 11.7 Å². The van der Waals surface area contributed by atoms with Crippen molar-refractivity contribution >= 4 is 11.8 Å². The van der Waals surface area contributed by atoms with Crippen molar-refractivity contribution in [3.05, 3.63) is 47.4 Å². The summed E-state index contributed by atoms with van der Waals surface area (Å²) in [5, 5.41) is 14.7. The molecular weight excluding hydrogens is 430 g/mol. The summed E-state index contributed by atoms with van der Waals surface area (Å²) in [5.41, 5.74) is 2.66. The average molecular weight is 453 g/mol. The predicted molar refractivity (Wildman–Crippen MR) is 107 cm³/mol. The first-order valence-corrected chi connectivity index (χ1v) is 10.4. The van der Waals surface area contributed by atoms with Crippen LogP contribution in [0.5, 0.6) is 0 Å². The Kier molecular flexibility index (Phi) is 5.98. The van der Waals surface area contributed by atoms with Crippen LogP contribution in [0.15, 0.2) is 30.3 Å². The number of hydrogen-bond acceptors (Lipinski definition) is 3. The first-order chi connectivity index (χ1) is 15.1. The molecule has 1 aliphatic heterocycles. The molecule has 2 heterocycles. The van der Waals surface area contributed by atoms with Gasteiger partial charge in [0.15, 0.2) is 0 Å². The summed E-state index contributed by atoms with van der Waals surface area (Å²) in [5.74, 6) is -2.88. The van der Waals surface area contributed by atoms with Crippen LogP contribution in [0.1, 0.15) is 36.4 Å². The van der Waals surface area contributed by atoms with E-state index < -0.39 is 41.9 Å². The van der Waals surface area contributed by atoms with Crippen molar-refractivity contribution in [1.29, 1.82) is 0 Å². The number of halogens is 4. The molecule has 2 atom stereocenters. The second-order valence-corrected chi connectivity index (χ2v) is 8.40. The Morgan fingerprint density at radius 3 is 2.47 bits per heavy atom. The van der Waals surface area contributed by atoms with Gasteiger partial charge >= 0.3 is 6.18 Å². The highest BCUT2D eigenvalue weighted by Gasteiger charge is 2.48. The molecule has 6 nitrogen and oxygen atoms in total. The lowest BCUT2D eigenvalue weighted by atomic mass is 9.73. The minimum Gasteiger partial charge on any atom is -0.389 e. The van der Waals surface area contributed by atoms with Gasteiger partial charge < -0.3 is 20.7 Å². The van der Waals surface area contributed by atoms with Crippen LogP contribution in [-0.4, -0.2) is 46.8 Å². The fourth-order valence-corrected chi connectivity index (χ4v) is 4.21. The Morgan fingerprint density at radius 1 is 1.19 bits per heavy atom. The molecule has 1 saturated carbocycles. The average Bonchev–Trinajstić information content (AvgIpc) is 3.23. The normalized spacial score (nSPS) is 25.3. The number of aromatic amines is 1. The highest BCUT2D eigenvalue weighted by Crippen LogP contribution is 2.49. The zero-order valence-corrected chi connectivity index (χ0v) is 17.0. The van der Waals surface area contributed by atoms with E-state index in [2.05, 4.69) is 15.6 Å². The van der Waals surface area contributed by atoms with Gasteiger partial charge in [-0.1, -0.05) is 0 Å². The minimum absolute atomic E-state index is 0.00147. The van der Waals surface area contributed by atoms with Crippen molar-refractivity contribution in [1.82, 2.24) is 15.6 Å². The molecule has 0 spiro atoms. The molecule has 1 aliphatic carbocycles. The Bertz CT molecular complexity index is 997. The van der Waals surface area contributed by atoms with Gasteiger partial charge in [-0.3, -0.25) is 9.59 Å². The molecular formula is C22H23F4N3O3. The van der Waals surface area contributed by atoms with Gasteiger partial charge in [-0.2, -0.15) is 13.2 Å². The van der Waals surface area contributed by atoms with Crippen molar-refractivity contribution in [2.45, 2.75) is 49.9 Å². The third-order valence-electron chi connectivity index (χ3n) is 6.18. The number of nitrogens with one attached hydrogen (secondary N) is 3. The van der Waals surface area contributed by atoms with Crippen molar-refractivity contribution in [2.75, 3.05) is 6.54 Å². The molecule has 0 bridgehead atoms. The number of benzene rings is 1.